The molecule has 1 N–H and O–H groups in total. The third kappa shape index (κ3) is 3.86. The molecule has 1 heterocycles. The highest BCUT2D eigenvalue weighted by atomic mass is 16.1. The van der Waals surface area contributed by atoms with Gasteiger partial charge in [0, 0.05) is 18.8 Å². The average Bonchev–Trinajstić information content (AvgIpc) is 2.58. The first-order valence-corrected chi connectivity index (χ1v) is 8.09. The van der Waals surface area contributed by atoms with Crippen molar-refractivity contribution in [3.05, 3.63) is 47.2 Å². The van der Waals surface area contributed by atoms with Crippen molar-refractivity contribution in [3.8, 4) is 0 Å². The van der Waals surface area contributed by atoms with Crippen LogP contribution in [0.1, 0.15) is 42.4 Å². The molecule has 0 saturated heterocycles. The SMILES string of the molecule is CCc1cccc(C)c1NC(=O)c1ccc(N(CC)CC)nn1. The van der Waals surface area contributed by atoms with Crippen LogP contribution in [-0.2, 0) is 6.42 Å². The zero-order valence-corrected chi connectivity index (χ0v) is 14.3. The Kier molecular flexibility index (Phi) is 5.68. The van der Waals surface area contributed by atoms with Crippen molar-refractivity contribution in [2.45, 2.75) is 34.1 Å². The first-order chi connectivity index (χ1) is 11.1. The smallest absolute Gasteiger partial charge is 0.276 e. The van der Waals surface area contributed by atoms with Crippen molar-refractivity contribution in [3.63, 3.8) is 0 Å². The fraction of sp³-hybridized carbons (Fsp3) is 0.389. The predicted octanol–water partition coefficient (Wildman–Crippen LogP) is 3.45. The van der Waals surface area contributed by atoms with E-state index in [1.807, 2.05) is 31.2 Å². The number of carbonyl (C=O) groups excluding carboxylic acids is 1. The van der Waals surface area contributed by atoms with E-state index in [9.17, 15) is 4.79 Å². The second-order valence-electron chi connectivity index (χ2n) is 5.37. The molecule has 2 aromatic rings. The molecule has 2 rings (SSSR count). The molecule has 5 heteroatoms. The molecule has 23 heavy (non-hydrogen) atoms. The summed E-state index contributed by atoms with van der Waals surface area (Å²) >= 11 is 0. The first-order valence-electron chi connectivity index (χ1n) is 8.09. The summed E-state index contributed by atoms with van der Waals surface area (Å²) in [6, 6.07) is 9.58. The van der Waals surface area contributed by atoms with E-state index in [1.54, 1.807) is 6.07 Å². The molecular formula is C18H24N4O. The van der Waals surface area contributed by atoms with Crippen molar-refractivity contribution < 1.29 is 4.79 Å². The summed E-state index contributed by atoms with van der Waals surface area (Å²) in [5.41, 5.74) is 3.36. The van der Waals surface area contributed by atoms with Gasteiger partial charge in [-0.1, -0.05) is 25.1 Å². The summed E-state index contributed by atoms with van der Waals surface area (Å²) in [5, 5.41) is 11.2. The van der Waals surface area contributed by atoms with E-state index in [2.05, 4.69) is 41.2 Å². The number of rotatable bonds is 6. The van der Waals surface area contributed by atoms with Crippen LogP contribution in [-0.4, -0.2) is 29.2 Å². The Balaban J connectivity index is 2.19. The molecule has 1 amide bonds. The molecule has 0 radical (unpaired) electrons. The minimum atomic E-state index is -0.229. The molecule has 0 spiro atoms. The topological polar surface area (TPSA) is 58.1 Å². The van der Waals surface area contributed by atoms with Gasteiger partial charge in [-0.05, 0) is 50.5 Å². The van der Waals surface area contributed by atoms with Gasteiger partial charge in [0.2, 0.25) is 0 Å². The second kappa shape index (κ2) is 7.72. The van der Waals surface area contributed by atoms with Gasteiger partial charge >= 0.3 is 0 Å². The molecule has 0 aliphatic rings. The highest BCUT2D eigenvalue weighted by molar-refractivity contribution is 6.03. The van der Waals surface area contributed by atoms with Crippen molar-refractivity contribution in [2.24, 2.45) is 0 Å². The lowest BCUT2D eigenvalue weighted by Crippen LogP contribution is -2.24. The fourth-order valence-corrected chi connectivity index (χ4v) is 2.54. The van der Waals surface area contributed by atoms with Gasteiger partial charge in [0.05, 0.1) is 0 Å². The van der Waals surface area contributed by atoms with E-state index in [4.69, 9.17) is 0 Å². The number of nitrogens with zero attached hydrogens (tertiary/aromatic N) is 3. The molecule has 0 atom stereocenters. The van der Waals surface area contributed by atoms with Gasteiger partial charge in [-0.25, -0.2) is 0 Å². The highest BCUT2D eigenvalue weighted by Gasteiger charge is 2.13. The number of aromatic nitrogens is 2. The van der Waals surface area contributed by atoms with Crippen molar-refractivity contribution in [1.82, 2.24) is 10.2 Å². The first kappa shape index (κ1) is 16.9. The maximum atomic E-state index is 12.4. The second-order valence-corrected chi connectivity index (χ2v) is 5.37. The molecule has 0 aliphatic carbocycles. The van der Waals surface area contributed by atoms with Gasteiger partial charge in [-0.15, -0.1) is 10.2 Å². The molecule has 0 unspecified atom stereocenters. The molecule has 0 bridgehead atoms. The number of amides is 1. The lowest BCUT2D eigenvalue weighted by Gasteiger charge is -2.18. The quantitative estimate of drug-likeness (QED) is 0.887. The van der Waals surface area contributed by atoms with Crippen LogP contribution in [0.3, 0.4) is 0 Å². The maximum absolute atomic E-state index is 12.4. The molecule has 0 aliphatic heterocycles. The molecule has 1 aromatic carbocycles. The zero-order chi connectivity index (χ0) is 16.8. The van der Waals surface area contributed by atoms with Gasteiger partial charge in [-0.3, -0.25) is 4.79 Å². The minimum Gasteiger partial charge on any atom is -0.356 e. The van der Waals surface area contributed by atoms with Crippen LogP contribution in [0, 0.1) is 6.92 Å². The van der Waals surface area contributed by atoms with Crippen molar-refractivity contribution in [2.75, 3.05) is 23.3 Å². The lowest BCUT2D eigenvalue weighted by molar-refractivity contribution is 0.102. The van der Waals surface area contributed by atoms with E-state index >= 15 is 0 Å². The summed E-state index contributed by atoms with van der Waals surface area (Å²) in [6.45, 7) is 9.92. The van der Waals surface area contributed by atoms with Crippen LogP contribution in [0.15, 0.2) is 30.3 Å². The fourth-order valence-electron chi connectivity index (χ4n) is 2.54. The monoisotopic (exact) mass is 312 g/mol. The zero-order valence-electron chi connectivity index (χ0n) is 14.3. The third-order valence-electron chi connectivity index (χ3n) is 3.95. The Bertz CT molecular complexity index is 663. The highest BCUT2D eigenvalue weighted by Crippen LogP contribution is 2.21. The average molecular weight is 312 g/mol. The molecule has 5 nitrogen and oxygen atoms in total. The van der Waals surface area contributed by atoms with Crippen LogP contribution in [0.2, 0.25) is 0 Å². The summed E-state index contributed by atoms with van der Waals surface area (Å²) in [5.74, 6) is 0.560. The standard InChI is InChI=1S/C18H24N4O/c1-5-14-10-8-9-13(4)17(14)19-18(23)15-11-12-16(21-20-15)22(6-2)7-3/h8-12H,5-7H2,1-4H3,(H,19,23). The summed E-state index contributed by atoms with van der Waals surface area (Å²) in [6.07, 6.45) is 0.865. The Hall–Kier alpha value is -2.43. The Morgan fingerprint density at radius 2 is 1.83 bits per heavy atom. The molecule has 0 saturated carbocycles. The van der Waals surface area contributed by atoms with Gasteiger partial charge in [0.15, 0.2) is 11.5 Å². The van der Waals surface area contributed by atoms with Crippen molar-refractivity contribution >= 4 is 17.4 Å². The van der Waals surface area contributed by atoms with Crippen LogP contribution in [0.5, 0.6) is 0 Å². The third-order valence-corrected chi connectivity index (χ3v) is 3.95. The number of hydrogen-bond acceptors (Lipinski definition) is 4. The van der Waals surface area contributed by atoms with Gasteiger partial charge in [0.1, 0.15) is 0 Å². The number of nitrogens with one attached hydrogen (secondary N) is 1. The Morgan fingerprint density at radius 3 is 2.39 bits per heavy atom. The van der Waals surface area contributed by atoms with E-state index in [0.29, 0.717) is 5.69 Å². The number of hydrogen-bond donors (Lipinski definition) is 1. The number of aryl methyl sites for hydroxylation is 2. The summed E-state index contributed by atoms with van der Waals surface area (Å²) < 4.78 is 0. The number of carbonyl (C=O) groups is 1. The molecular weight excluding hydrogens is 288 g/mol. The Labute approximate surface area is 137 Å². The van der Waals surface area contributed by atoms with Gasteiger partial charge < -0.3 is 10.2 Å². The van der Waals surface area contributed by atoms with E-state index in [-0.39, 0.29) is 5.91 Å². The Morgan fingerprint density at radius 1 is 1.09 bits per heavy atom. The molecule has 0 fully saturated rings. The largest absolute Gasteiger partial charge is 0.356 e. The maximum Gasteiger partial charge on any atom is 0.276 e. The van der Waals surface area contributed by atoms with Gasteiger partial charge in [0.25, 0.3) is 5.91 Å². The van der Waals surface area contributed by atoms with Crippen molar-refractivity contribution in [1.29, 1.82) is 0 Å². The summed E-state index contributed by atoms with van der Waals surface area (Å²) in [4.78, 5) is 14.5. The van der Waals surface area contributed by atoms with Crippen LogP contribution in [0.4, 0.5) is 11.5 Å². The number of para-hydroxylation sites is 1. The van der Waals surface area contributed by atoms with E-state index < -0.39 is 0 Å². The lowest BCUT2D eigenvalue weighted by atomic mass is 10.1. The normalized spacial score (nSPS) is 10.4. The minimum absolute atomic E-state index is 0.229. The number of anilines is 2. The van der Waals surface area contributed by atoms with Crippen LogP contribution in [0.25, 0.3) is 0 Å². The van der Waals surface area contributed by atoms with Crippen LogP contribution >= 0.6 is 0 Å². The van der Waals surface area contributed by atoms with Gasteiger partial charge in [-0.2, -0.15) is 0 Å². The molecule has 122 valence electrons. The number of benzene rings is 1. The predicted molar refractivity (Wildman–Crippen MR) is 94.1 cm³/mol. The van der Waals surface area contributed by atoms with E-state index in [0.717, 1.165) is 42.1 Å². The van der Waals surface area contributed by atoms with Crippen LogP contribution < -0.4 is 10.2 Å². The summed E-state index contributed by atoms with van der Waals surface area (Å²) in [7, 11) is 0. The van der Waals surface area contributed by atoms with E-state index in [1.165, 1.54) is 0 Å². The molecule has 1 aromatic heterocycles.